The Morgan fingerprint density at radius 3 is 2.67 bits per heavy atom. The zero-order chi connectivity index (χ0) is 10.9. The molecule has 0 atom stereocenters. The van der Waals surface area contributed by atoms with Crippen LogP contribution >= 0.6 is 0 Å². The second kappa shape index (κ2) is 7.44. The molecule has 0 radical (unpaired) electrons. The molecule has 1 aliphatic carbocycles. The lowest BCUT2D eigenvalue weighted by molar-refractivity contribution is -0.114. The molecular weight excluding hydrogens is 184 g/mol. The van der Waals surface area contributed by atoms with E-state index >= 15 is 0 Å². The SMILES string of the molecule is C=CCCC(=O)C=CCC1CCCCC1. The lowest BCUT2D eigenvalue weighted by atomic mass is 9.87. The summed E-state index contributed by atoms with van der Waals surface area (Å²) in [6, 6.07) is 0. The minimum absolute atomic E-state index is 0.241. The molecule has 1 aliphatic rings. The molecule has 0 heterocycles. The molecule has 0 aromatic carbocycles. The Kier molecular flexibility index (Phi) is 6.06. The summed E-state index contributed by atoms with van der Waals surface area (Å²) in [6.07, 6.45) is 15.0. The Morgan fingerprint density at radius 2 is 2.00 bits per heavy atom. The van der Waals surface area contributed by atoms with Crippen LogP contribution in [0.2, 0.25) is 0 Å². The number of rotatable bonds is 6. The van der Waals surface area contributed by atoms with Gasteiger partial charge in [-0.25, -0.2) is 0 Å². The van der Waals surface area contributed by atoms with Crippen molar-refractivity contribution in [2.75, 3.05) is 0 Å². The van der Waals surface area contributed by atoms with E-state index in [4.69, 9.17) is 0 Å². The van der Waals surface area contributed by atoms with Gasteiger partial charge < -0.3 is 0 Å². The first-order valence-corrected chi connectivity index (χ1v) is 6.13. The van der Waals surface area contributed by atoms with Crippen LogP contribution < -0.4 is 0 Å². The Hall–Kier alpha value is -0.850. The molecule has 1 nitrogen and oxygen atoms in total. The van der Waals surface area contributed by atoms with Gasteiger partial charge in [-0.1, -0.05) is 44.3 Å². The monoisotopic (exact) mass is 206 g/mol. The maximum atomic E-state index is 11.3. The maximum Gasteiger partial charge on any atom is 0.155 e. The number of hydrogen-bond donors (Lipinski definition) is 0. The van der Waals surface area contributed by atoms with Crippen molar-refractivity contribution in [2.45, 2.75) is 51.4 Å². The summed E-state index contributed by atoms with van der Waals surface area (Å²) in [4.78, 5) is 11.3. The molecule has 1 heteroatoms. The van der Waals surface area contributed by atoms with Gasteiger partial charge in [0.15, 0.2) is 5.78 Å². The van der Waals surface area contributed by atoms with Crippen molar-refractivity contribution in [1.82, 2.24) is 0 Å². The van der Waals surface area contributed by atoms with Crippen LogP contribution in [0, 0.1) is 5.92 Å². The van der Waals surface area contributed by atoms with Gasteiger partial charge in [0.2, 0.25) is 0 Å². The second-order valence-electron chi connectivity index (χ2n) is 4.44. The first kappa shape index (κ1) is 12.2. The van der Waals surface area contributed by atoms with Gasteiger partial charge in [-0.15, -0.1) is 6.58 Å². The predicted octanol–water partition coefficient (Wildman–Crippen LogP) is 4.05. The van der Waals surface area contributed by atoms with Gasteiger partial charge in [0.05, 0.1) is 0 Å². The molecule has 0 amide bonds. The van der Waals surface area contributed by atoms with Crippen LogP contribution in [0.4, 0.5) is 0 Å². The van der Waals surface area contributed by atoms with Crippen LogP contribution in [0.5, 0.6) is 0 Å². The molecule has 0 aromatic rings. The van der Waals surface area contributed by atoms with Gasteiger partial charge in [-0.3, -0.25) is 4.79 Å². The van der Waals surface area contributed by atoms with Gasteiger partial charge in [-0.05, 0) is 24.8 Å². The molecular formula is C14H22O. The summed E-state index contributed by atoms with van der Waals surface area (Å²) in [7, 11) is 0. The molecule has 0 saturated heterocycles. The second-order valence-corrected chi connectivity index (χ2v) is 4.44. The van der Waals surface area contributed by atoms with Gasteiger partial charge in [0.1, 0.15) is 0 Å². The minimum Gasteiger partial charge on any atom is -0.295 e. The number of allylic oxidation sites excluding steroid dienone is 3. The Morgan fingerprint density at radius 1 is 1.27 bits per heavy atom. The van der Waals surface area contributed by atoms with Crippen LogP contribution in [-0.4, -0.2) is 5.78 Å². The van der Waals surface area contributed by atoms with Crippen molar-refractivity contribution in [3.05, 3.63) is 24.8 Å². The average Bonchev–Trinajstić information content (AvgIpc) is 2.28. The third-order valence-corrected chi connectivity index (χ3v) is 3.09. The lowest BCUT2D eigenvalue weighted by Crippen LogP contribution is -2.04. The highest BCUT2D eigenvalue weighted by molar-refractivity contribution is 5.89. The van der Waals surface area contributed by atoms with E-state index in [1.165, 1.54) is 32.1 Å². The first-order valence-electron chi connectivity index (χ1n) is 6.13. The summed E-state index contributed by atoms with van der Waals surface area (Å²) < 4.78 is 0. The third kappa shape index (κ3) is 5.56. The Bertz CT molecular complexity index is 221. The number of carbonyl (C=O) groups excluding carboxylic acids is 1. The zero-order valence-electron chi connectivity index (χ0n) is 9.58. The number of ketones is 1. The van der Waals surface area contributed by atoms with Crippen LogP contribution in [-0.2, 0) is 4.79 Å². The largest absolute Gasteiger partial charge is 0.295 e. The molecule has 1 saturated carbocycles. The Labute approximate surface area is 93.3 Å². The van der Waals surface area contributed by atoms with E-state index in [0.717, 1.165) is 18.8 Å². The van der Waals surface area contributed by atoms with E-state index in [1.54, 1.807) is 12.2 Å². The highest BCUT2D eigenvalue weighted by Crippen LogP contribution is 2.26. The van der Waals surface area contributed by atoms with Crippen molar-refractivity contribution >= 4 is 5.78 Å². The van der Waals surface area contributed by atoms with Crippen molar-refractivity contribution in [1.29, 1.82) is 0 Å². The molecule has 0 unspecified atom stereocenters. The normalized spacial score (nSPS) is 18.1. The van der Waals surface area contributed by atoms with Crippen molar-refractivity contribution in [3.8, 4) is 0 Å². The molecule has 0 aromatic heterocycles. The average molecular weight is 206 g/mol. The predicted molar refractivity (Wildman–Crippen MR) is 64.8 cm³/mol. The van der Waals surface area contributed by atoms with E-state index in [0.29, 0.717) is 6.42 Å². The Balaban J connectivity index is 2.14. The summed E-state index contributed by atoms with van der Waals surface area (Å²) >= 11 is 0. The smallest absolute Gasteiger partial charge is 0.155 e. The van der Waals surface area contributed by atoms with E-state index in [2.05, 4.69) is 12.7 Å². The van der Waals surface area contributed by atoms with Crippen LogP contribution in [0.3, 0.4) is 0 Å². The van der Waals surface area contributed by atoms with Gasteiger partial charge in [0, 0.05) is 6.42 Å². The van der Waals surface area contributed by atoms with Crippen LogP contribution in [0.15, 0.2) is 24.8 Å². The summed E-state index contributed by atoms with van der Waals surface area (Å²) in [5.41, 5.74) is 0. The molecule has 84 valence electrons. The quantitative estimate of drug-likeness (QED) is 0.473. The molecule has 1 fully saturated rings. The zero-order valence-corrected chi connectivity index (χ0v) is 9.58. The molecule has 0 bridgehead atoms. The van der Waals surface area contributed by atoms with E-state index in [-0.39, 0.29) is 5.78 Å². The molecule has 0 aliphatic heterocycles. The topological polar surface area (TPSA) is 17.1 Å². The minimum atomic E-state index is 0.241. The van der Waals surface area contributed by atoms with E-state index in [9.17, 15) is 4.79 Å². The molecule has 15 heavy (non-hydrogen) atoms. The fourth-order valence-electron chi connectivity index (χ4n) is 2.14. The summed E-state index contributed by atoms with van der Waals surface area (Å²) in [5, 5.41) is 0. The molecule has 1 rings (SSSR count). The summed E-state index contributed by atoms with van der Waals surface area (Å²) in [6.45, 7) is 3.61. The first-order chi connectivity index (χ1) is 7.33. The summed E-state index contributed by atoms with van der Waals surface area (Å²) in [5.74, 6) is 1.08. The fourth-order valence-corrected chi connectivity index (χ4v) is 2.14. The van der Waals surface area contributed by atoms with Gasteiger partial charge in [0.25, 0.3) is 0 Å². The van der Waals surface area contributed by atoms with Crippen LogP contribution in [0.25, 0.3) is 0 Å². The van der Waals surface area contributed by atoms with E-state index in [1.807, 2.05) is 0 Å². The van der Waals surface area contributed by atoms with E-state index < -0.39 is 0 Å². The highest BCUT2D eigenvalue weighted by Gasteiger charge is 2.11. The maximum absolute atomic E-state index is 11.3. The standard InChI is InChI=1S/C14H22O/c1-2-3-11-14(15)12-7-10-13-8-5-4-6-9-13/h2,7,12-13H,1,3-6,8-11H2. The molecule has 0 spiro atoms. The molecule has 0 N–H and O–H groups in total. The number of carbonyl (C=O) groups is 1. The van der Waals surface area contributed by atoms with Gasteiger partial charge in [-0.2, -0.15) is 0 Å². The number of hydrogen-bond acceptors (Lipinski definition) is 1. The lowest BCUT2D eigenvalue weighted by Gasteiger charge is -2.19. The fraction of sp³-hybridized carbons (Fsp3) is 0.643. The highest BCUT2D eigenvalue weighted by atomic mass is 16.1. The van der Waals surface area contributed by atoms with Gasteiger partial charge >= 0.3 is 0 Å². The van der Waals surface area contributed by atoms with Crippen molar-refractivity contribution in [2.24, 2.45) is 5.92 Å². The third-order valence-electron chi connectivity index (χ3n) is 3.09. The van der Waals surface area contributed by atoms with Crippen LogP contribution in [0.1, 0.15) is 51.4 Å². The van der Waals surface area contributed by atoms with Crippen molar-refractivity contribution in [3.63, 3.8) is 0 Å². The van der Waals surface area contributed by atoms with Crippen molar-refractivity contribution < 1.29 is 4.79 Å².